The lowest BCUT2D eigenvalue weighted by Crippen LogP contribution is -2.23. The van der Waals surface area contributed by atoms with Gasteiger partial charge in [0, 0.05) is 17.8 Å². The van der Waals surface area contributed by atoms with Crippen molar-refractivity contribution in [3.63, 3.8) is 0 Å². The number of furan rings is 1. The van der Waals surface area contributed by atoms with E-state index in [0.29, 0.717) is 23.3 Å². The van der Waals surface area contributed by atoms with Crippen LogP contribution in [0.15, 0.2) is 58.1 Å². The van der Waals surface area contributed by atoms with Crippen LogP contribution in [0.4, 0.5) is 5.69 Å². The van der Waals surface area contributed by atoms with Gasteiger partial charge in [0.25, 0.3) is 5.91 Å². The number of benzene rings is 1. The predicted molar refractivity (Wildman–Crippen MR) is 82.7 cm³/mol. The van der Waals surface area contributed by atoms with Crippen LogP contribution in [0, 0.1) is 0 Å². The average Bonchev–Trinajstić information content (AvgIpc) is 2.89. The van der Waals surface area contributed by atoms with E-state index in [1.165, 1.54) is 0 Å². The van der Waals surface area contributed by atoms with Crippen molar-refractivity contribution in [2.45, 2.75) is 6.54 Å². The van der Waals surface area contributed by atoms with Gasteiger partial charge < -0.3 is 15.1 Å². The van der Waals surface area contributed by atoms with Gasteiger partial charge in [0.2, 0.25) is 0 Å². The molecular weight excluding hydrogens is 320 g/mol. The molecule has 1 aromatic heterocycles. The minimum atomic E-state index is -0.105. The van der Waals surface area contributed by atoms with Crippen LogP contribution in [0.25, 0.3) is 0 Å². The largest absolute Gasteiger partial charge is 0.452 e. The lowest BCUT2D eigenvalue weighted by molar-refractivity contribution is 0.0958. The van der Waals surface area contributed by atoms with E-state index in [-0.39, 0.29) is 5.91 Å². The molecule has 104 valence electrons. The fraction of sp³-hybridized carbons (Fsp3) is 0.133. The van der Waals surface area contributed by atoms with Gasteiger partial charge in [-0.25, -0.2) is 0 Å². The smallest absolute Gasteiger partial charge is 0.251 e. The van der Waals surface area contributed by atoms with Gasteiger partial charge in [-0.2, -0.15) is 0 Å². The second kappa shape index (κ2) is 6.96. The number of hydrogen-bond donors (Lipinski definition) is 2. The van der Waals surface area contributed by atoms with E-state index < -0.39 is 0 Å². The zero-order valence-electron chi connectivity index (χ0n) is 10.9. The second-order valence-electron chi connectivity index (χ2n) is 4.14. The summed E-state index contributed by atoms with van der Waals surface area (Å²) in [6.45, 7) is 4.61. The number of halogens is 1. The maximum Gasteiger partial charge on any atom is 0.251 e. The third-order valence-corrected chi connectivity index (χ3v) is 3.08. The molecule has 2 N–H and O–H groups in total. The van der Waals surface area contributed by atoms with Gasteiger partial charge in [-0.05, 0) is 52.3 Å². The normalized spacial score (nSPS) is 10.1. The van der Waals surface area contributed by atoms with Crippen molar-refractivity contribution in [3.05, 3.63) is 65.0 Å². The van der Waals surface area contributed by atoms with Crippen molar-refractivity contribution in [1.82, 2.24) is 5.32 Å². The Hall–Kier alpha value is -2.01. The molecule has 2 rings (SSSR count). The SMILES string of the molecule is C=CCNC(=O)c1ccc(NCc2ccc(Br)o2)cc1. The third kappa shape index (κ3) is 3.99. The monoisotopic (exact) mass is 334 g/mol. The topological polar surface area (TPSA) is 54.3 Å². The number of nitrogens with one attached hydrogen (secondary N) is 2. The van der Waals surface area contributed by atoms with E-state index in [4.69, 9.17) is 4.42 Å². The molecule has 0 unspecified atom stereocenters. The van der Waals surface area contributed by atoms with Crippen LogP contribution < -0.4 is 10.6 Å². The first-order valence-corrected chi connectivity index (χ1v) is 6.95. The maximum atomic E-state index is 11.7. The number of hydrogen-bond acceptors (Lipinski definition) is 3. The zero-order valence-corrected chi connectivity index (χ0v) is 12.4. The molecule has 1 amide bonds. The first-order chi connectivity index (χ1) is 9.69. The van der Waals surface area contributed by atoms with Crippen molar-refractivity contribution in [2.75, 3.05) is 11.9 Å². The Labute approximate surface area is 126 Å². The van der Waals surface area contributed by atoms with Crippen molar-refractivity contribution in [3.8, 4) is 0 Å². The maximum absolute atomic E-state index is 11.7. The Balaban J connectivity index is 1.91. The van der Waals surface area contributed by atoms with Gasteiger partial charge in [0.05, 0.1) is 6.54 Å². The van der Waals surface area contributed by atoms with Crippen molar-refractivity contribution < 1.29 is 9.21 Å². The van der Waals surface area contributed by atoms with Gasteiger partial charge in [0.15, 0.2) is 4.67 Å². The average molecular weight is 335 g/mol. The summed E-state index contributed by atoms with van der Waals surface area (Å²) in [5, 5.41) is 5.95. The minimum Gasteiger partial charge on any atom is -0.452 e. The number of amides is 1. The molecule has 20 heavy (non-hydrogen) atoms. The molecule has 0 spiro atoms. The molecular formula is C15H15BrN2O2. The highest BCUT2D eigenvalue weighted by molar-refractivity contribution is 9.10. The van der Waals surface area contributed by atoms with Crippen LogP contribution >= 0.6 is 15.9 Å². The number of carbonyl (C=O) groups is 1. The third-order valence-electron chi connectivity index (χ3n) is 2.65. The lowest BCUT2D eigenvalue weighted by Gasteiger charge is -2.06. The van der Waals surface area contributed by atoms with Crippen LogP contribution in [-0.2, 0) is 6.54 Å². The summed E-state index contributed by atoms with van der Waals surface area (Å²) in [7, 11) is 0. The summed E-state index contributed by atoms with van der Waals surface area (Å²) in [5.74, 6) is 0.732. The Morgan fingerprint density at radius 2 is 2.00 bits per heavy atom. The van der Waals surface area contributed by atoms with E-state index in [0.717, 1.165) is 11.4 Å². The van der Waals surface area contributed by atoms with Crippen LogP contribution in [0.5, 0.6) is 0 Å². The van der Waals surface area contributed by atoms with E-state index in [9.17, 15) is 4.79 Å². The van der Waals surface area contributed by atoms with Crippen molar-refractivity contribution in [1.29, 1.82) is 0 Å². The molecule has 0 aliphatic heterocycles. The van der Waals surface area contributed by atoms with Gasteiger partial charge in [-0.15, -0.1) is 6.58 Å². The molecule has 1 aromatic carbocycles. The van der Waals surface area contributed by atoms with E-state index in [2.05, 4.69) is 33.1 Å². The number of rotatable bonds is 6. The molecule has 0 radical (unpaired) electrons. The summed E-state index contributed by atoms with van der Waals surface area (Å²) < 4.78 is 6.10. The lowest BCUT2D eigenvalue weighted by atomic mass is 10.2. The summed E-state index contributed by atoms with van der Waals surface area (Å²) >= 11 is 3.26. The molecule has 0 bridgehead atoms. The molecule has 0 saturated carbocycles. The van der Waals surface area contributed by atoms with Crippen molar-refractivity contribution in [2.24, 2.45) is 0 Å². The summed E-state index contributed by atoms with van der Waals surface area (Å²) in [6, 6.07) is 11.0. The fourth-order valence-corrected chi connectivity index (χ4v) is 1.98. The molecule has 4 nitrogen and oxygen atoms in total. The van der Waals surface area contributed by atoms with Crippen LogP contribution in [0.3, 0.4) is 0 Å². The Morgan fingerprint density at radius 1 is 1.25 bits per heavy atom. The standard InChI is InChI=1S/C15H15BrN2O2/c1-2-9-17-15(19)11-3-5-12(6-4-11)18-10-13-7-8-14(16)20-13/h2-8,18H,1,9-10H2,(H,17,19). The first kappa shape index (κ1) is 14.4. The van der Waals surface area contributed by atoms with Crippen LogP contribution in [-0.4, -0.2) is 12.5 Å². The predicted octanol–water partition coefficient (Wildman–Crippen LogP) is 3.57. The van der Waals surface area contributed by atoms with E-state index in [1.807, 2.05) is 24.3 Å². The molecule has 0 saturated heterocycles. The van der Waals surface area contributed by atoms with Gasteiger partial charge in [-0.1, -0.05) is 6.08 Å². The van der Waals surface area contributed by atoms with E-state index in [1.54, 1.807) is 18.2 Å². The highest BCUT2D eigenvalue weighted by atomic mass is 79.9. The highest BCUT2D eigenvalue weighted by Gasteiger charge is 2.04. The first-order valence-electron chi connectivity index (χ1n) is 6.16. The quantitative estimate of drug-likeness (QED) is 0.794. The van der Waals surface area contributed by atoms with Crippen LogP contribution in [0.1, 0.15) is 16.1 Å². The number of carbonyl (C=O) groups excluding carboxylic acids is 1. The van der Waals surface area contributed by atoms with Crippen LogP contribution in [0.2, 0.25) is 0 Å². The summed E-state index contributed by atoms with van der Waals surface area (Å²) in [4.78, 5) is 11.7. The van der Waals surface area contributed by atoms with Gasteiger partial charge in [0.1, 0.15) is 5.76 Å². The Kier molecular flexibility index (Phi) is 5.01. The minimum absolute atomic E-state index is 0.105. The molecule has 0 aliphatic rings. The van der Waals surface area contributed by atoms with Gasteiger partial charge >= 0.3 is 0 Å². The number of anilines is 1. The summed E-state index contributed by atoms with van der Waals surface area (Å²) in [5.41, 5.74) is 1.55. The second-order valence-corrected chi connectivity index (χ2v) is 4.92. The molecule has 2 aromatic rings. The van der Waals surface area contributed by atoms with Gasteiger partial charge in [-0.3, -0.25) is 4.79 Å². The Morgan fingerprint density at radius 3 is 2.60 bits per heavy atom. The highest BCUT2D eigenvalue weighted by Crippen LogP contribution is 2.16. The Bertz CT molecular complexity index is 590. The van der Waals surface area contributed by atoms with Crippen molar-refractivity contribution >= 4 is 27.5 Å². The molecule has 0 fully saturated rings. The summed E-state index contributed by atoms with van der Waals surface area (Å²) in [6.07, 6.45) is 1.65. The fourth-order valence-electron chi connectivity index (χ4n) is 1.64. The zero-order chi connectivity index (χ0) is 14.4. The molecule has 0 atom stereocenters. The molecule has 5 heteroatoms. The van der Waals surface area contributed by atoms with E-state index >= 15 is 0 Å². The molecule has 0 aliphatic carbocycles. The molecule has 1 heterocycles.